The van der Waals surface area contributed by atoms with Gasteiger partial charge in [0, 0.05) is 17.5 Å². The molecule has 1 unspecified atom stereocenters. The first-order valence-electron chi connectivity index (χ1n) is 10.3. The van der Waals surface area contributed by atoms with Gasteiger partial charge in [0.15, 0.2) is 6.29 Å². The van der Waals surface area contributed by atoms with E-state index in [1.54, 1.807) is 0 Å². The summed E-state index contributed by atoms with van der Waals surface area (Å²) in [6.07, 6.45) is 1.80. The topological polar surface area (TPSA) is 63.6 Å². The molecule has 1 aliphatic heterocycles. The molecule has 1 aromatic heterocycles. The van der Waals surface area contributed by atoms with Crippen molar-refractivity contribution in [2.75, 3.05) is 19.7 Å². The van der Waals surface area contributed by atoms with Crippen LogP contribution in [0.4, 0.5) is 0 Å². The van der Waals surface area contributed by atoms with Crippen LogP contribution in [0.15, 0.2) is 30.3 Å². The van der Waals surface area contributed by atoms with Gasteiger partial charge in [-0.05, 0) is 44.3 Å². The Morgan fingerprint density at radius 2 is 2.04 bits per heavy atom. The van der Waals surface area contributed by atoms with Gasteiger partial charge in [-0.2, -0.15) is 0 Å². The molecule has 0 spiro atoms. The number of pyridine rings is 1. The number of nitrogens with zero attached hydrogens (tertiary/aromatic N) is 1. The Labute approximate surface area is 168 Å². The van der Waals surface area contributed by atoms with Gasteiger partial charge in [-0.1, -0.05) is 44.2 Å². The minimum absolute atomic E-state index is 0.368. The molecule has 2 heterocycles. The highest BCUT2D eigenvalue weighted by Gasteiger charge is 2.30. The maximum Gasteiger partial charge on any atom is 0.183 e. The zero-order valence-electron chi connectivity index (χ0n) is 17.2. The molecule has 0 fully saturated rings. The molecule has 1 aromatic carbocycles. The van der Waals surface area contributed by atoms with E-state index in [1.165, 1.54) is 5.56 Å². The summed E-state index contributed by atoms with van der Waals surface area (Å²) in [6.45, 7) is 9.47. The molecule has 5 nitrogen and oxygen atoms in total. The third kappa shape index (κ3) is 5.31. The van der Waals surface area contributed by atoms with Gasteiger partial charge in [0.2, 0.25) is 0 Å². The van der Waals surface area contributed by atoms with Crippen molar-refractivity contribution >= 4 is 0 Å². The number of rotatable bonds is 10. The lowest BCUT2D eigenvalue weighted by Gasteiger charge is -2.16. The van der Waals surface area contributed by atoms with Gasteiger partial charge in [-0.15, -0.1) is 0 Å². The van der Waals surface area contributed by atoms with Gasteiger partial charge in [0.25, 0.3) is 0 Å². The molecule has 3 rings (SSSR count). The molecule has 0 saturated carbocycles. The lowest BCUT2D eigenvalue weighted by Crippen LogP contribution is -2.21. The molecule has 0 bridgehead atoms. The van der Waals surface area contributed by atoms with E-state index in [2.05, 4.69) is 31.3 Å². The van der Waals surface area contributed by atoms with Crippen LogP contribution in [0, 0.1) is 12.8 Å². The van der Waals surface area contributed by atoms with E-state index in [4.69, 9.17) is 14.5 Å². The van der Waals surface area contributed by atoms with E-state index in [0.717, 1.165) is 54.2 Å². The van der Waals surface area contributed by atoms with E-state index in [9.17, 15) is 5.11 Å². The zero-order chi connectivity index (χ0) is 19.9. The quantitative estimate of drug-likeness (QED) is 0.608. The fourth-order valence-corrected chi connectivity index (χ4v) is 3.54. The number of aliphatic hydroxyl groups excluding tert-OH is 1. The van der Waals surface area contributed by atoms with Gasteiger partial charge >= 0.3 is 0 Å². The molecular formula is C23H32N2O3. The van der Waals surface area contributed by atoms with E-state index >= 15 is 0 Å². The number of aryl methyl sites for hydroxylation is 1. The van der Waals surface area contributed by atoms with Gasteiger partial charge < -0.3 is 19.9 Å². The van der Waals surface area contributed by atoms with Gasteiger partial charge in [-0.25, -0.2) is 0 Å². The number of fused-ring (bicyclic) bond motifs is 1. The third-order valence-corrected chi connectivity index (χ3v) is 4.94. The lowest BCUT2D eigenvalue weighted by molar-refractivity contribution is -0.0923. The fourth-order valence-electron chi connectivity index (χ4n) is 3.54. The molecule has 0 radical (unpaired) electrons. The normalized spacial score (nSPS) is 15.8. The first-order chi connectivity index (χ1) is 13.6. The van der Waals surface area contributed by atoms with Crippen molar-refractivity contribution in [3.8, 4) is 5.75 Å². The van der Waals surface area contributed by atoms with E-state index in [1.807, 2.05) is 25.1 Å². The van der Waals surface area contributed by atoms with Gasteiger partial charge in [0.05, 0.1) is 24.6 Å². The fraction of sp³-hybridized carbons (Fsp3) is 0.522. The Hall–Kier alpha value is -1.95. The summed E-state index contributed by atoms with van der Waals surface area (Å²) in [5.41, 5.74) is 4.62. The maximum atomic E-state index is 10.3. The summed E-state index contributed by atoms with van der Waals surface area (Å²) < 4.78 is 11.6. The number of hydrogen-bond donors (Lipinski definition) is 2. The van der Waals surface area contributed by atoms with E-state index in [-0.39, 0.29) is 0 Å². The second kappa shape index (κ2) is 10.0. The highest BCUT2D eigenvalue weighted by Crippen LogP contribution is 2.39. The molecule has 1 aliphatic rings. The molecule has 5 heteroatoms. The molecule has 0 amide bonds. The van der Waals surface area contributed by atoms with Crippen LogP contribution in [-0.4, -0.2) is 29.8 Å². The summed E-state index contributed by atoms with van der Waals surface area (Å²) in [5, 5.41) is 13.8. The van der Waals surface area contributed by atoms with Crippen LogP contribution in [0.1, 0.15) is 61.1 Å². The summed E-state index contributed by atoms with van der Waals surface area (Å²) in [6, 6.07) is 10.2. The monoisotopic (exact) mass is 384 g/mol. The highest BCUT2D eigenvalue weighted by atomic mass is 16.6. The van der Waals surface area contributed by atoms with Crippen LogP contribution in [0.3, 0.4) is 0 Å². The number of unbranched alkanes of at least 4 members (excludes halogenated alkanes) is 1. The van der Waals surface area contributed by atoms with Crippen molar-refractivity contribution in [2.45, 2.75) is 52.9 Å². The van der Waals surface area contributed by atoms with Crippen LogP contribution in [-0.2, 0) is 17.8 Å². The van der Waals surface area contributed by atoms with Crippen molar-refractivity contribution < 1.29 is 14.6 Å². The average Bonchev–Trinajstić information content (AvgIpc) is 3.05. The lowest BCUT2D eigenvalue weighted by atomic mass is 10.0. The third-order valence-electron chi connectivity index (χ3n) is 4.94. The molecule has 1 atom stereocenters. The summed E-state index contributed by atoms with van der Waals surface area (Å²) in [5.74, 6) is 1.45. The number of nitrogens with one attached hydrogen (secondary N) is 1. The van der Waals surface area contributed by atoms with Crippen molar-refractivity contribution in [2.24, 2.45) is 5.92 Å². The average molecular weight is 385 g/mol. The molecule has 2 aromatic rings. The van der Waals surface area contributed by atoms with Crippen LogP contribution in [0.25, 0.3) is 0 Å². The molecule has 152 valence electrons. The van der Waals surface area contributed by atoms with Gasteiger partial charge in [0.1, 0.15) is 5.75 Å². The second-order valence-electron chi connectivity index (χ2n) is 7.84. The Balaban J connectivity index is 1.65. The minimum atomic E-state index is -0.926. The Morgan fingerprint density at radius 3 is 2.79 bits per heavy atom. The summed E-state index contributed by atoms with van der Waals surface area (Å²) in [4.78, 5) is 4.76. The Morgan fingerprint density at radius 1 is 1.25 bits per heavy atom. The standard InChI is InChI=1S/C23H32N2O3/c1-16(2)14-24-11-7-8-12-27-22-17(3)25-20(13-18-9-5-4-6-10-18)21-19(22)15-28-23(21)26/h4-6,9-10,16,23-24,26H,7-8,11-15H2,1-3H3. The summed E-state index contributed by atoms with van der Waals surface area (Å²) >= 11 is 0. The Bertz CT molecular complexity index is 762. The zero-order valence-corrected chi connectivity index (χ0v) is 17.2. The smallest absolute Gasteiger partial charge is 0.183 e. The number of hydrogen-bond acceptors (Lipinski definition) is 5. The van der Waals surface area contributed by atoms with Crippen LogP contribution >= 0.6 is 0 Å². The molecule has 0 saturated heterocycles. The molecule has 2 N–H and O–H groups in total. The number of benzene rings is 1. The van der Waals surface area contributed by atoms with E-state index in [0.29, 0.717) is 25.6 Å². The van der Waals surface area contributed by atoms with E-state index < -0.39 is 6.29 Å². The Kier molecular flexibility index (Phi) is 7.43. The SMILES string of the molecule is Cc1nc(Cc2ccccc2)c2c(c1OCCCCNCC(C)C)COC2O. The van der Waals surface area contributed by atoms with Crippen LogP contribution < -0.4 is 10.1 Å². The minimum Gasteiger partial charge on any atom is -0.491 e. The summed E-state index contributed by atoms with van der Waals surface area (Å²) in [7, 11) is 0. The molecule has 28 heavy (non-hydrogen) atoms. The van der Waals surface area contributed by atoms with Crippen molar-refractivity contribution in [3.63, 3.8) is 0 Å². The number of ether oxygens (including phenoxy) is 2. The van der Waals surface area contributed by atoms with Crippen molar-refractivity contribution in [1.82, 2.24) is 10.3 Å². The maximum absolute atomic E-state index is 10.3. The first kappa shape index (κ1) is 20.8. The molecular weight excluding hydrogens is 352 g/mol. The highest BCUT2D eigenvalue weighted by molar-refractivity contribution is 5.48. The van der Waals surface area contributed by atoms with Crippen molar-refractivity contribution in [1.29, 1.82) is 0 Å². The van der Waals surface area contributed by atoms with Crippen LogP contribution in [0.5, 0.6) is 5.75 Å². The number of aromatic nitrogens is 1. The molecule has 0 aliphatic carbocycles. The van der Waals surface area contributed by atoms with Gasteiger partial charge in [-0.3, -0.25) is 4.98 Å². The first-order valence-corrected chi connectivity index (χ1v) is 10.3. The second-order valence-corrected chi connectivity index (χ2v) is 7.84. The van der Waals surface area contributed by atoms with Crippen molar-refractivity contribution in [3.05, 3.63) is 58.4 Å². The predicted molar refractivity (Wildman–Crippen MR) is 110 cm³/mol. The predicted octanol–water partition coefficient (Wildman–Crippen LogP) is 3.91. The largest absolute Gasteiger partial charge is 0.491 e. The number of aliphatic hydroxyl groups is 1. The van der Waals surface area contributed by atoms with Crippen LogP contribution in [0.2, 0.25) is 0 Å².